The summed E-state index contributed by atoms with van der Waals surface area (Å²) in [4.78, 5) is 26.8. The predicted molar refractivity (Wildman–Crippen MR) is 112 cm³/mol. The molecule has 0 spiro atoms. The Kier molecular flexibility index (Phi) is 5.53. The number of carbonyl (C=O) groups excluding carboxylic acids is 2. The van der Waals surface area contributed by atoms with Crippen molar-refractivity contribution >= 4 is 46.3 Å². The maximum atomic E-state index is 12.5. The summed E-state index contributed by atoms with van der Waals surface area (Å²) in [5.74, 6) is -0.448. The number of hydrogen-bond donors (Lipinski definition) is 0. The van der Waals surface area contributed by atoms with Crippen LogP contribution in [0.15, 0.2) is 35.2 Å². The Labute approximate surface area is 168 Å². The molecular weight excluding hydrogens is 380 g/mol. The van der Waals surface area contributed by atoms with Gasteiger partial charge in [-0.3, -0.25) is 9.69 Å². The number of benzene rings is 1. The zero-order valence-electron chi connectivity index (χ0n) is 15.6. The van der Waals surface area contributed by atoms with E-state index in [1.165, 1.54) is 18.9 Å². The second kappa shape index (κ2) is 7.70. The van der Waals surface area contributed by atoms with E-state index in [0.29, 0.717) is 21.3 Å². The fourth-order valence-corrected chi connectivity index (χ4v) is 4.54. The van der Waals surface area contributed by atoms with Crippen molar-refractivity contribution in [1.82, 2.24) is 9.47 Å². The van der Waals surface area contributed by atoms with Gasteiger partial charge in [0.25, 0.3) is 5.91 Å². The smallest absolute Gasteiger partial charge is 0.339 e. The highest BCUT2D eigenvalue weighted by atomic mass is 32.2. The highest BCUT2D eigenvalue weighted by molar-refractivity contribution is 8.26. The minimum atomic E-state index is -0.386. The number of aryl methyl sites for hydroxylation is 1. The molecule has 1 aliphatic rings. The molecule has 3 rings (SSSR count). The van der Waals surface area contributed by atoms with Crippen molar-refractivity contribution in [1.29, 1.82) is 0 Å². The van der Waals surface area contributed by atoms with Gasteiger partial charge in [-0.25, -0.2) is 4.79 Å². The van der Waals surface area contributed by atoms with Gasteiger partial charge < -0.3 is 9.30 Å². The lowest BCUT2D eigenvalue weighted by atomic mass is 10.1. The summed E-state index contributed by atoms with van der Waals surface area (Å²) in [6.07, 6.45) is 1.87. The molecule has 27 heavy (non-hydrogen) atoms. The highest BCUT2D eigenvalue weighted by Gasteiger charge is 2.31. The predicted octanol–water partition coefficient (Wildman–Crippen LogP) is 4.10. The van der Waals surface area contributed by atoms with Gasteiger partial charge in [-0.15, -0.1) is 0 Å². The van der Waals surface area contributed by atoms with Gasteiger partial charge in [-0.1, -0.05) is 36.1 Å². The van der Waals surface area contributed by atoms with Crippen LogP contribution in [0.25, 0.3) is 11.8 Å². The van der Waals surface area contributed by atoms with Gasteiger partial charge in [0, 0.05) is 17.9 Å². The molecule has 140 valence electrons. The molecule has 7 heteroatoms. The van der Waals surface area contributed by atoms with E-state index in [9.17, 15) is 9.59 Å². The summed E-state index contributed by atoms with van der Waals surface area (Å²) in [6, 6.07) is 9.31. The van der Waals surface area contributed by atoms with Crippen LogP contribution < -0.4 is 0 Å². The Morgan fingerprint density at radius 1 is 1.30 bits per heavy atom. The molecule has 0 saturated carbocycles. The Bertz CT molecular complexity index is 976. The molecule has 2 heterocycles. The summed E-state index contributed by atoms with van der Waals surface area (Å²) < 4.78 is 7.49. The Balaban J connectivity index is 2.08. The molecule has 1 fully saturated rings. The van der Waals surface area contributed by atoms with Crippen molar-refractivity contribution < 1.29 is 14.3 Å². The topological polar surface area (TPSA) is 51.5 Å². The van der Waals surface area contributed by atoms with E-state index >= 15 is 0 Å². The zero-order chi connectivity index (χ0) is 19.7. The summed E-state index contributed by atoms with van der Waals surface area (Å²) >= 11 is 6.60. The maximum absolute atomic E-state index is 12.5. The Morgan fingerprint density at radius 3 is 2.63 bits per heavy atom. The number of nitrogens with zero attached hydrogens (tertiary/aromatic N) is 2. The van der Waals surface area contributed by atoms with Gasteiger partial charge in [-0.05, 0) is 50.6 Å². The number of ether oxygens (including phenoxy) is 1. The summed E-state index contributed by atoms with van der Waals surface area (Å²) in [5, 5.41) is 0. The maximum Gasteiger partial charge on any atom is 0.339 e. The number of rotatable bonds is 4. The molecule has 0 N–H and O–H groups in total. The average molecular weight is 401 g/mol. The Hall–Kier alpha value is -2.38. The molecule has 2 aromatic rings. The molecule has 1 aromatic heterocycles. The van der Waals surface area contributed by atoms with Crippen LogP contribution in [-0.4, -0.2) is 39.3 Å². The van der Waals surface area contributed by atoms with E-state index in [0.717, 1.165) is 22.6 Å². The first-order valence-corrected chi connectivity index (χ1v) is 9.73. The van der Waals surface area contributed by atoms with E-state index in [1.54, 1.807) is 17.0 Å². The number of aromatic nitrogens is 1. The molecule has 1 aliphatic heterocycles. The fourth-order valence-electron chi connectivity index (χ4n) is 3.17. The molecule has 1 saturated heterocycles. The second-order valence-corrected chi connectivity index (χ2v) is 7.77. The number of esters is 1. The van der Waals surface area contributed by atoms with Crippen molar-refractivity contribution in [3.63, 3.8) is 0 Å². The lowest BCUT2D eigenvalue weighted by molar-refractivity contribution is -0.121. The standard InChI is InChI=1S/C20H20N2O3S2/c1-5-21-18(23)17(27-20(21)26)11-14-10-12(2)22(13(14)3)16-9-7-6-8-15(16)19(24)25-4/h6-11H,5H2,1-4H3/b17-11-. The lowest BCUT2D eigenvalue weighted by Crippen LogP contribution is -2.27. The third-order valence-electron chi connectivity index (χ3n) is 4.50. The van der Waals surface area contributed by atoms with Crippen LogP contribution in [0, 0.1) is 13.8 Å². The lowest BCUT2D eigenvalue weighted by Gasteiger charge is -2.13. The van der Waals surface area contributed by atoms with Crippen molar-refractivity contribution in [3.8, 4) is 5.69 Å². The van der Waals surface area contributed by atoms with E-state index < -0.39 is 0 Å². The first-order valence-electron chi connectivity index (χ1n) is 8.51. The molecule has 1 aromatic carbocycles. The van der Waals surface area contributed by atoms with Crippen molar-refractivity contribution in [2.75, 3.05) is 13.7 Å². The molecule has 5 nitrogen and oxygen atoms in total. The quantitative estimate of drug-likeness (QED) is 0.439. The zero-order valence-corrected chi connectivity index (χ0v) is 17.2. The normalized spacial score (nSPS) is 15.7. The molecule has 1 amide bonds. The van der Waals surface area contributed by atoms with Crippen LogP contribution in [0.4, 0.5) is 0 Å². The van der Waals surface area contributed by atoms with Gasteiger partial charge in [0.2, 0.25) is 0 Å². The number of thiocarbonyl (C=S) groups is 1. The van der Waals surface area contributed by atoms with Crippen LogP contribution >= 0.6 is 24.0 Å². The number of carbonyl (C=O) groups is 2. The molecular formula is C20H20N2O3S2. The number of methoxy groups -OCH3 is 1. The second-order valence-electron chi connectivity index (χ2n) is 6.10. The van der Waals surface area contributed by atoms with E-state index in [2.05, 4.69) is 0 Å². The van der Waals surface area contributed by atoms with Crippen molar-refractivity contribution in [2.24, 2.45) is 0 Å². The highest BCUT2D eigenvalue weighted by Crippen LogP contribution is 2.34. The summed E-state index contributed by atoms with van der Waals surface area (Å²) in [5.41, 5.74) is 4.06. The average Bonchev–Trinajstić information content (AvgIpc) is 3.09. The van der Waals surface area contributed by atoms with Crippen molar-refractivity contribution in [3.05, 3.63) is 57.8 Å². The third-order valence-corrected chi connectivity index (χ3v) is 5.87. The van der Waals surface area contributed by atoms with Crippen LogP contribution in [0.2, 0.25) is 0 Å². The summed E-state index contributed by atoms with van der Waals surface area (Å²) in [7, 11) is 1.37. The molecule has 0 aliphatic carbocycles. The largest absolute Gasteiger partial charge is 0.465 e. The van der Waals surface area contributed by atoms with Crippen molar-refractivity contribution in [2.45, 2.75) is 20.8 Å². The monoisotopic (exact) mass is 400 g/mol. The number of amides is 1. The minimum Gasteiger partial charge on any atom is -0.465 e. The molecule has 0 atom stereocenters. The van der Waals surface area contributed by atoms with E-state index in [-0.39, 0.29) is 11.9 Å². The van der Waals surface area contributed by atoms with E-state index in [4.69, 9.17) is 17.0 Å². The molecule has 0 unspecified atom stereocenters. The first-order chi connectivity index (χ1) is 12.9. The number of likely N-dealkylation sites (N-methyl/N-ethyl adjacent to an activating group) is 1. The van der Waals surface area contributed by atoms with Gasteiger partial charge >= 0.3 is 5.97 Å². The fraction of sp³-hybridized carbons (Fsp3) is 0.250. The molecule has 0 bridgehead atoms. The van der Waals surface area contributed by atoms with Gasteiger partial charge in [0.15, 0.2) is 0 Å². The van der Waals surface area contributed by atoms with Crippen LogP contribution in [-0.2, 0) is 9.53 Å². The number of thioether (sulfide) groups is 1. The third kappa shape index (κ3) is 3.44. The van der Waals surface area contributed by atoms with E-state index in [1.807, 2.05) is 49.6 Å². The first kappa shape index (κ1) is 19.4. The molecule has 0 radical (unpaired) electrons. The van der Waals surface area contributed by atoms with Gasteiger partial charge in [0.05, 0.1) is 23.3 Å². The van der Waals surface area contributed by atoms with Crippen LogP contribution in [0.5, 0.6) is 0 Å². The minimum absolute atomic E-state index is 0.0627. The number of para-hydroxylation sites is 1. The summed E-state index contributed by atoms with van der Waals surface area (Å²) in [6.45, 7) is 6.40. The SMILES string of the molecule is CCN1C(=O)/C(=C/c2cc(C)n(-c3ccccc3C(=O)OC)c2C)SC1=S. The number of hydrogen-bond acceptors (Lipinski definition) is 5. The Morgan fingerprint density at radius 2 is 2.00 bits per heavy atom. The van der Waals surface area contributed by atoms with Gasteiger partial charge in [0.1, 0.15) is 4.32 Å². The van der Waals surface area contributed by atoms with Crippen LogP contribution in [0.3, 0.4) is 0 Å². The van der Waals surface area contributed by atoms with Crippen LogP contribution in [0.1, 0.15) is 34.2 Å². The van der Waals surface area contributed by atoms with Gasteiger partial charge in [-0.2, -0.15) is 0 Å².